The number of nitrogens with zero attached hydrogens (tertiary/aromatic N) is 2. The largest absolute Gasteiger partial charge is 0.306 e. The van der Waals surface area contributed by atoms with Crippen molar-refractivity contribution in [2.45, 2.75) is 18.9 Å². The van der Waals surface area contributed by atoms with Crippen molar-refractivity contribution in [1.82, 2.24) is 9.80 Å². The summed E-state index contributed by atoms with van der Waals surface area (Å²) in [4.78, 5) is 16.8. The summed E-state index contributed by atoms with van der Waals surface area (Å²) in [5.41, 5.74) is 0.798. The van der Waals surface area contributed by atoms with Crippen molar-refractivity contribution in [3.63, 3.8) is 0 Å². The highest BCUT2D eigenvalue weighted by atomic mass is 79.9. The molecule has 1 aliphatic heterocycles. The number of ketones is 1. The van der Waals surface area contributed by atoms with E-state index in [1.54, 1.807) is 11.3 Å². The first-order valence-corrected chi connectivity index (χ1v) is 8.74. The Morgan fingerprint density at radius 2 is 2.05 bits per heavy atom. The van der Waals surface area contributed by atoms with Gasteiger partial charge in [-0.15, -0.1) is 11.3 Å². The lowest BCUT2D eigenvalue weighted by molar-refractivity contribution is 0.0874. The van der Waals surface area contributed by atoms with Gasteiger partial charge in [-0.3, -0.25) is 9.69 Å². The first kappa shape index (κ1) is 15.6. The summed E-state index contributed by atoms with van der Waals surface area (Å²) in [6, 6.07) is 2.57. The molecule has 3 nitrogen and oxygen atoms in total. The van der Waals surface area contributed by atoms with Crippen molar-refractivity contribution in [2.24, 2.45) is 0 Å². The van der Waals surface area contributed by atoms with E-state index in [4.69, 9.17) is 0 Å². The number of hydrogen-bond donors (Lipinski definition) is 0. The zero-order valence-electron chi connectivity index (χ0n) is 11.2. The fourth-order valence-corrected chi connectivity index (χ4v) is 5.27. The van der Waals surface area contributed by atoms with Gasteiger partial charge in [0.2, 0.25) is 0 Å². The fraction of sp³-hybridized carbons (Fsp3) is 0.615. The molecule has 1 aromatic rings. The smallest absolute Gasteiger partial charge is 0.178 e. The van der Waals surface area contributed by atoms with Crippen molar-refractivity contribution >= 4 is 49.0 Å². The number of likely N-dealkylation sites (tertiary alicyclic amines) is 1. The standard InChI is InChI=1S/C13H18Br2N2OS/c1-16(2)9-3-5-17(6-4-9)8-11(18)10-7-12(14)19-13(10)15/h7,9H,3-6,8H2,1-2H3. The van der Waals surface area contributed by atoms with E-state index in [0.29, 0.717) is 12.6 Å². The molecule has 0 unspecified atom stereocenters. The fourth-order valence-electron chi connectivity index (χ4n) is 2.41. The van der Waals surface area contributed by atoms with Crippen LogP contribution in [0.2, 0.25) is 0 Å². The van der Waals surface area contributed by atoms with Crippen molar-refractivity contribution in [3.05, 3.63) is 19.2 Å². The summed E-state index contributed by atoms with van der Waals surface area (Å²) < 4.78 is 1.92. The van der Waals surface area contributed by atoms with Crippen LogP contribution in [0.1, 0.15) is 23.2 Å². The van der Waals surface area contributed by atoms with Crippen LogP contribution >= 0.6 is 43.2 Å². The average molecular weight is 410 g/mol. The van der Waals surface area contributed by atoms with E-state index in [-0.39, 0.29) is 5.78 Å². The molecule has 6 heteroatoms. The second kappa shape index (κ2) is 6.80. The molecule has 0 bridgehead atoms. The number of carbonyl (C=O) groups excluding carboxylic acids is 1. The van der Waals surface area contributed by atoms with E-state index < -0.39 is 0 Å². The van der Waals surface area contributed by atoms with E-state index in [0.717, 1.165) is 39.1 Å². The Balaban J connectivity index is 1.89. The van der Waals surface area contributed by atoms with E-state index in [2.05, 4.69) is 55.8 Å². The van der Waals surface area contributed by atoms with Gasteiger partial charge in [0.15, 0.2) is 5.78 Å². The summed E-state index contributed by atoms with van der Waals surface area (Å²) in [7, 11) is 4.26. The molecule has 0 amide bonds. The lowest BCUT2D eigenvalue weighted by atomic mass is 10.0. The third-order valence-electron chi connectivity index (χ3n) is 3.61. The molecule has 0 aliphatic carbocycles. The van der Waals surface area contributed by atoms with Gasteiger partial charge in [0.25, 0.3) is 0 Å². The Labute approximate surface area is 135 Å². The van der Waals surface area contributed by atoms with Crippen molar-refractivity contribution in [2.75, 3.05) is 33.7 Å². The van der Waals surface area contributed by atoms with Gasteiger partial charge in [-0.05, 0) is 64.9 Å². The molecule has 1 aliphatic rings. The molecular weight excluding hydrogens is 392 g/mol. The Kier molecular flexibility index (Phi) is 5.60. The van der Waals surface area contributed by atoms with Crippen LogP contribution in [0.15, 0.2) is 13.6 Å². The van der Waals surface area contributed by atoms with Gasteiger partial charge < -0.3 is 4.90 Å². The first-order chi connectivity index (χ1) is 8.97. The molecule has 0 saturated carbocycles. The van der Waals surface area contributed by atoms with Gasteiger partial charge >= 0.3 is 0 Å². The Morgan fingerprint density at radius 1 is 1.42 bits per heavy atom. The minimum Gasteiger partial charge on any atom is -0.306 e. The maximum Gasteiger partial charge on any atom is 0.178 e. The van der Waals surface area contributed by atoms with E-state index in [9.17, 15) is 4.79 Å². The van der Waals surface area contributed by atoms with Crippen LogP contribution in [-0.4, -0.2) is 55.4 Å². The maximum absolute atomic E-state index is 12.3. The third-order valence-corrected chi connectivity index (χ3v) is 5.95. The summed E-state index contributed by atoms with van der Waals surface area (Å²) in [5, 5.41) is 0. The van der Waals surface area contributed by atoms with Gasteiger partial charge in [0.1, 0.15) is 0 Å². The second-order valence-corrected chi connectivity index (χ2v) is 8.88. The van der Waals surface area contributed by atoms with Crippen molar-refractivity contribution in [3.8, 4) is 0 Å². The van der Waals surface area contributed by atoms with Crippen molar-refractivity contribution < 1.29 is 4.79 Å². The summed E-state index contributed by atoms with van der Waals surface area (Å²) in [6.07, 6.45) is 2.30. The number of thiophene rings is 1. The first-order valence-electron chi connectivity index (χ1n) is 6.34. The molecule has 1 aromatic heterocycles. The highest BCUT2D eigenvalue weighted by molar-refractivity contribution is 9.12. The molecule has 1 fully saturated rings. The number of Topliss-reactive ketones (excluding diaryl/α,β-unsaturated/α-hetero) is 1. The number of halogens is 2. The summed E-state index contributed by atoms with van der Waals surface area (Å²) in [5.74, 6) is 0.206. The quantitative estimate of drug-likeness (QED) is 0.711. The number of rotatable bonds is 4. The monoisotopic (exact) mass is 408 g/mol. The molecule has 0 N–H and O–H groups in total. The molecule has 1 saturated heterocycles. The lowest BCUT2D eigenvalue weighted by Crippen LogP contribution is -2.43. The second-order valence-electron chi connectivity index (χ2n) is 5.13. The maximum atomic E-state index is 12.3. The predicted molar refractivity (Wildman–Crippen MR) is 87.2 cm³/mol. The van der Waals surface area contributed by atoms with Gasteiger partial charge in [0, 0.05) is 24.7 Å². The SMILES string of the molecule is CN(C)C1CCN(CC(=O)c2cc(Br)sc2Br)CC1. The predicted octanol–water partition coefficient (Wildman–Crippen LogP) is 3.48. The molecule has 0 aromatic carbocycles. The molecule has 106 valence electrons. The molecule has 0 atom stereocenters. The van der Waals surface area contributed by atoms with Gasteiger partial charge in [0.05, 0.1) is 14.1 Å². The van der Waals surface area contributed by atoms with Crippen LogP contribution in [0.5, 0.6) is 0 Å². The van der Waals surface area contributed by atoms with Crippen LogP contribution in [-0.2, 0) is 0 Å². The van der Waals surface area contributed by atoms with Crippen LogP contribution in [0.4, 0.5) is 0 Å². The zero-order chi connectivity index (χ0) is 14.0. The highest BCUT2D eigenvalue weighted by Gasteiger charge is 2.23. The third kappa shape index (κ3) is 4.11. The van der Waals surface area contributed by atoms with Crippen LogP contribution in [0.25, 0.3) is 0 Å². The molecule has 2 rings (SSSR count). The summed E-state index contributed by atoms with van der Waals surface area (Å²) >= 11 is 8.42. The Hall–Kier alpha value is 0.250. The number of carbonyl (C=O) groups is 1. The topological polar surface area (TPSA) is 23.6 Å². The molecule has 0 spiro atoms. The molecular formula is C13H18Br2N2OS. The van der Waals surface area contributed by atoms with Gasteiger partial charge in [-0.2, -0.15) is 0 Å². The normalized spacial score (nSPS) is 18.2. The van der Waals surface area contributed by atoms with Gasteiger partial charge in [-0.25, -0.2) is 0 Å². The Bertz CT molecular complexity index is 453. The zero-order valence-corrected chi connectivity index (χ0v) is 15.1. The highest BCUT2D eigenvalue weighted by Crippen LogP contribution is 2.32. The number of piperidine rings is 1. The van der Waals surface area contributed by atoms with Crippen LogP contribution in [0, 0.1) is 0 Å². The summed E-state index contributed by atoms with van der Waals surface area (Å²) in [6.45, 7) is 2.55. The van der Waals surface area contributed by atoms with Crippen molar-refractivity contribution in [1.29, 1.82) is 0 Å². The van der Waals surface area contributed by atoms with E-state index in [1.807, 2.05) is 6.07 Å². The minimum absolute atomic E-state index is 0.206. The van der Waals surface area contributed by atoms with Crippen LogP contribution < -0.4 is 0 Å². The van der Waals surface area contributed by atoms with Gasteiger partial charge in [-0.1, -0.05) is 0 Å². The molecule has 0 radical (unpaired) electrons. The molecule has 19 heavy (non-hydrogen) atoms. The Morgan fingerprint density at radius 3 is 2.53 bits per heavy atom. The number of hydrogen-bond acceptors (Lipinski definition) is 4. The minimum atomic E-state index is 0.206. The average Bonchev–Trinajstić information content (AvgIpc) is 2.69. The van der Waals surface area contributed by atoms with E-state index in [1.165, 1.54) is 0 Å². The molecule has 2 heterocycles. The van der Waals surface area contributed by atoms with Crippen LogP contribution in [0.3, 0.4) is 0 Å². The van der Waals surface area contributed by atoms with E-state index >= 15 is 0 Å². The lowest BCUT2D eigenvalue weighted by Gasteiger charge is -2.34.